The SMILES string of the molecule is CN(Cc1ccsc1)c1cc(F)c(Cl)cc1N. The summed E-state index contributed by atoms with van der Waals surface area (Å²) >= 11 is 7.29. The molecule has 0 saturated heterocycles. The van der Waals surface area contributed by atoms with Crippen molar-refractivity contribution in [3.63, 3.8) is 0 Å². The second-order valence-electron chi connectivity index (χ2n) is 3.81. The lowest BCUT2D eigenvalue weighted by atomic mass is 10.2. The molecule has 17 heavy (non-hydrogen) atoms. The first-order valence-electron chi connectivity index (χ1n) is 5.04. The van der Waals surface area contributed by atoms with Gasteiger partial charge in [-0.1, -0.05) is 11.6 Å². The molecule has 2 nitrogen and oxygen atoms in total. The van der Waals surface area contributed by atoms with Crippen LogP contribution in [0.1, 0.15) is 5.56 Å². The first kappa shape index (κ1) is 12.2. The molecule has 0 bridgehead atoms. The fourth-order valence-corrected chi connectivity index (χ4v) is 2.46. The van der Waals surface area contributed by atoms with Gasteiger partial charge in [0.05, 0.1) is 16.4 Å². The normalized spacial score (nSPS) is 10.5. The third-order valence-corrected chi connectivity index (χ3v) is 3.50. The van der Waals surface area contributed by atoms with Crippen molar-refractivity contribution >= 4 is 34.3 Å². The number of nitrogens with zero attached hydrogens (tertiary/aromatic N) is 1. The van der Waals surface area contributed by atoms with E-state index < -0.39 is 5.82 Å². The van der Waals surface area contributed by atoms with Crippen LogP contribution in [0.4, 0.5) is 15.8 Å². The van der Waals surface area contributed by atoms with Crippen LogP contribution in [0.15, 0.2) is 29.0 Å². The fraction of sp³-hybridized carbons (Fsp3) is 0.167. The number of hydrogen-bond acceptors (Lipinski definition) is 3. The van der Waals surface area contributed by atoms with E-state index in [1.807, 2.05) is 23.4 Å². The van der Waals surface area contributed by atoms with E-state index in [9.17, 15) is 4.39 Å². The van der Waals surface area contributed by atoms with E-state index in [1.165, 1.54) is 17.7 Å². The van der Waals surface area contributed by atoms with Gasteiger partial charge in [0.15, 0.2) is 0 Å². The molecular weight excluding hydrogens is 259 g/mol. The predicted octanol–water partition coefficient (Wildman–Crippen LogP) is 3.76. The van der Waals surface area contributed by atoms with Gasteiger partial charge in [0.2, 0.25) is 0 Å². The number of halogens is 2. The van der Waals surface area contributed by atoms with Crippen molar-refractivity contribution in [3.05, 3.63) is 45.4 Å². The van der Waals surface area contributed by atoms with E-state index in [2.05, 4.69) is 5.38 Å². The summed E-state index contributed by atoms with van der Waals surface area (Å²) in [6.45, 7) is 0.689. The third-order valence-electron chi connectivity index (χ3n) is 2.48. The van der Waals surface area contributed by atoms with Crippen molar-refractivity contribution in [1.29, 1.82) is 0 Å². The molecule has 0 spiro atoms. The van der Waals surface area contributed by atoms with Crippen LogP contribution >= 0.6 is 22.9 Å². The highest BCUT2D eigenvalue weighted by Crippen LogP contribution is 2.29. The molecule has 1 aromatic heterocycles. The first-order chi connectivity index (χ1) is 8.08. The summed E-state index contributed by atoms with van der Waals surface area (Å²) in [4.78, 5) is 1.90. The molecule has 2 N–H and O–H groups in total. The third kappa shape index (κ3) is 2.70. The standard InChI is InChI=1S/C12H12ClFN2S/c1-16(6-8-2-3-17-7-8)12-5-10(14)9(13)4-11(12)15/h2-5,7H,6,15H2,1H3. The largest absolute Gasteiger partial charge is 0.397 e. The predicted molar refractivity (Wildman–Crippen MR) is 72.2 cm³/mol. The lowest BCUT2D eigenvalue weighted by Crippen LogP contribution is -2.17. The highest BCUT2D eigenvalue weighted by Gasteiger charge is 2.10. The molecule has 0 fully saturated rings. The Morgan fingerprint density at radius 1 is 1.47 bits per heavy atom. The molecule has 0 aliphatic carbocycles. The Labute approximate surface area is 108 Å². The summed E-state index contributed by atoms with van der Waals surface area (Å²) in [7, 11) is 1.87. The van der Waals surface area contributed by atoms with Gasteiger partial charge in [-0.2, -0.15) is 11.3 Å². The van der Waals surface area contributed by atoms with Gasteiger partial charge in [0.1, 0.15) is 5.82 Å². The molecule has 1 heterocycles. The van der Waals surface area contributed by atoms with Crippen LogP contribution in [0.5, 0.6) is 0 Å². The lowest BCUT2D eigenvalue weighted by Gasteiger charge is -2.21. The maximum atomic E-state index is 13.4. The number of anilines is 2. The monoisotopic (exact) mass is 270 g/mol. The summed E-state index contributed by atoms with van der Waals surface area (Å²) in [6.07, 6.45) is 0. The van der Waals surface area contributed by atoms with Gasteiger partial charge in [-0.25, -0.2) is 4.39 Å². The van der Waals surface area contributed by atoms with E-state index >= 15 is 0 Å². The Hall–Kier alpha value is -1.26. The molecule has 0 aliphatic rings. The van der Waals surface area contributed by atoms with Crippen molar-refractivity contribution in [2.24, 2.45) is 0 Å². The van der Waals surface area contributed by atoms with Gasteiger partial charge >= 0.3 is 0 Å². The van der Waals surface area contributed by atoms with Gasteiger partial charge in [-0.15, -0.1) is 0 Å². The van der Waals surface area contributed by atoms with Gasteiger partial charge in [0.25, 0.3) is 0 Å². The molecule has 0 atom stereocenters. The molecule has 0 amide bonds. The van der Waals surface area contributed by atoms with Crippen molar-refractivity contribution in [3.8, 4) is 0 Å². The van der Waals surface area contributed by atoms with Crippen LogP contribution in [-0.2, 0) is 6.54 Å². The lowest BCUT2D eigenvalue weighted by molar-refractivity contribution is 0.628. The van der Waals surface area contributed by atoms with Gasteiger partial charge in [-0.3, -0.25) is 0 Å². The minimum absolute atomic E-state index is 0.0511. The van der Waals surface area contributed by atoms with Crippen LogP contribution < -0.4 is 10.6 Å². The molecule has 1 aromatic carbocycles. The summed E-state index contributed by atoms with van der Waals surface area (Å²) in [5.41, 5.74) is 8.14. The van der Waals surface area contributed by atoms with Crippen molar-refractivity contribution < 1.29 is 4.39 Å². The van der Waals surface area contributed by atoms with Crippen LogP contribution in [0.25, 0.3) is 0 Å². The van der Waals surface area contributed by atoms with Crippen molar-refractivity contribution in [2.75, 3.05) is 17.7 Å². The van der Waals surface area contributed by atoms with E-state index in [0.717, 1.165) is 0 Å². The summed E-state index contributed by atoms with van der Waals surface area (Å²) < 4.78 is 13.4. The zero-order valence-corrected chi connectivity index (χ0v) is 10.9. The zero-order valence-electron chi connectivity index (χ0n) is 9.28. The summed E-state index contributed by atoms with van der Waals surface area (Å²) in [5, 5.41) is 4.11. The minimum Gasteiger partial charge on any atom is -0.397 e. The van der Waals surface area contributed by atoms with Gasteiger partial charge in [-0.05, 0) is 28.5 Å². The Morgan fingerprint density at radius 3 is 2.88 bits per heavy atom. The molecule has 0 saturated carbocycles. The molecule has 2 rings (SSSR count). The number of thiophene rings is 1. The van der Waals surface area contributed by atoms with Crippen LogP contribution in [-0.4, -0.2) is 7.05 Å². The number of nitrogen functional groups attached to an aromatic ring is 1. The number of benzene rings is 1. The zero-order chi connectivity index (χ0) is 12.4. The van der Waals surface area contributed by atoms with Gasteiger partial charge in [0, 0.05) is 19.7 Å². The fourth-order valence-electron chi connectivity index (χ4n) is 1.62. The Morgan fingerprint density at radius 2 is 2.24 bits per heavy atom. The van der Waals surface area contributed by atoms with Crippen molar-refractivity contribution in [2.45, 2.75) is 6.54 Å². The van der Waals surface area contributed by atoms with Crippen LogP contribution in [0.2, 0.25) is 5.02 Å². The minimum atomic E-state index is -0.451. The van der Waals surface area contributed by atoms with E-state index in [4.69, 9.17) is 17.3 Å². The average Bonchev–Trinajstić information content (AvgIpc) is 2.76. The Balaban J connectivity index is 2.24. The summed E-state index contributed by atoms with van der Waals surface area (Å²) in [5.74, 6) is -0.451. The number of hydrogen-bond donors (Lipinski definition) is 1. The molecule has 5 heteroatoms. The topological polar surface area (TPSA) is 29.3 Å². The number of rotatable bonds is 3. The van der Waals surface area contributed by atoms with Crippen molar-refractivity contribution in [1.82, 2.24) is 0 Å². The molecule has 0 aliphatic heterocycles. The van der Waals surface area contributed by atoms with Crippen LogP contribution in [0.3, 0.4) is 0 Å². The summed E-state index contributed by atoms with van der Waals surface area (Å²) in [6, 6.07) is 4.84. The first-order valence-corrected chi connectivity index (χ1v) is 6.36. The maximum Gasteiger partial charge on any atom is 0.144 e. The van der Waals surface area contributed by atoms with E-state index in [-0.39, 0.29) is 5.02 Å². The molecule has 90 valence electrons. The second-order valence-corrected chi connectivity index (χ2v) is 5.00. The Kier molecular flexibility index (Phi) is 3.54. The molecular formula is C12H12ClFN2S. The highest BCUT2D eigenvalue weighted by molar-refractivity contribution is 7.07. The molecule has 0 unspecified atom stereocenters. The quantitative estimate of drug-likeness (QED) is 0.861. The highest BCUT2D eigenvalue weighted by atomic mass is 35.5. The average molecular weight is 271 g/mol. The van der Waals surface area contributed by atoms with E-state index in [0.29, 0.717) is 17.9 Å². The molecule has 2 aromatic rings. The smallest absolute Gasteiger partial charge is 0.144 e. The van der Waals surface area contributed by atoms with Crippen LogP contribution in [0, 0.1) is 5.82 Å². The molecule has 0 radical (unpaired) electrons. The van der Waals surface area contributed by atoms with Gasteiger partial charge < -0.3 is 10.6 Å². The number of nitrogens with two attached hydrogens (primary N) is 1. The second kappa shape index (κ2) is 4.94. The van der Waals surface area contributed by atoms with E-state index in [1.54, 1.807) is 11.3 Å². The maximum absolute atomic E-state index is 13.4. The Bertz CT molecular complexity index is 513.